The third kappa shape index (κ3) is 4.37. The topological polar surface area (TPSA) is 112 Å². The Morgan fingerprint density at radius 3 is 2.28 bits per heavy atom. The first-order chi connectivity index (χ1) is 17.5. The normalized spacial score (nSPS) is 19.1. The molecule has 1 atom stereocenters. The molecule has 2 amide bonds. The van der Waals surface area contributed by atoms with Crippen LogP contribution in [-0.4, -0.2) is 77.4 Å². The molecule has 0 bridgehead atoms. The molecule has 0 radical (unpaired) electrons. The van der Waals surface area contributed by atoms with Crippen LogP contribution in [0, 0.1) is 0 Å². The van der Waals surface area contributed by atoms with Crippen LogP contribution in [0.1, 0.15) is 25.3 Å². The molecule has 0 unspecified atom stereocenters. The molecule has 2 aliphatic rings. The maximum atomic E-state index is 13.2. The van der Waals surface area contributed by atoms with Crippen molar-refractivity contribution >= 4 is 17.5 Å². The van der Waals surface area contributed by atoms with Gasteiger partial charge in [-0.25, -0.2) is 4.90 Å². The van der Waals surface area contributed by atoms with Gasteiger partial charge in [0.05, 0.1) is 45.5 Å². The maximum Gasteiger partial charge on any atom is 0.251 e. The van der Waals surface area contributed by atoms with Crippen molar-refractivity contribution in [3.63, 3.8) is 0 Å². The molecule has 0 N–H and O–H groups in total. The fourth-order valence-electron chi connectivity index (χ4n) is 4.80. The number of benzene rings is 2. The summed E-state index contributed by atoms with van der Waals surface area (Å²) >= 11 is 0. The van der Waals surface area contributed by atoms with E-state index in [0.29, 0.717) is 41.8 Å². The highest BCUT2D eigenvalue weighted by atomic mass is 16.5. The van der Waals surface area contributed by atoms with Crippen LogP contribution in [0.3, 0.4) is 0 Å². The molecule has 2 aliphatic heterocycles. The van der Waals surface area contributed by atoms with Gasteiger partial charge in [0, 0.05) is 18.7 Å². The monoisotopic (exact) mass is 492 g/mol. The van der Waals surface area contributed by atoms with Crippen LogP contribution in [0.25, 0.3) is 11.4 Å². The van der Waals surface area contributed by atoms with Crippen molar-refractivity contribution in [2.75, 3.05) is 39.3 Å². The van der Waals surface area contributed by atoms with E-state index < -0.39 is 6.04 Å². The van der Waals surface area contributed by atoms with Gasteiger partial charge in [0.25, 0.3) is 5.91 Å². The molecule has 36 heavy (non-hydrogen) atoms. The third-order valence-corrected chi connectivity index (χ3v) is 6.79. The minimum atomic E-state index is -0.452. The highest BCUT2D eigenvalue weighted by Crippen LogP contribution is 2.32. The predicted octanol–water partition coefficient (Wildman–Crippen LogP) is 2.33. The van der Waals surface area contributed by atoms with Gasteiger partial charge in [0.2, 0.25) is 11.7 Å². The predicted molar refractivity (Wildman–Crippen MR) is 130 cm³/mol. The first-order valence-corrected chi connectivity index (χ1v) is 11.8. The average Bonchev–Trinajstić information content (AvgIpc) is 3.53. The smallest absolute Gasteiger partial charge is 0.251 e. The van der Waals surface area contributed by atoms with E-state index in [9.17, 15) is 9.59 Å². The number of carbonyl (C=O) groups excluding carboxylic acids is 2. The summed E-state index contributed by atoms with van der Waals surface area (Å²) in [5, 5.41) is 13.1. The van der Waals surface area contributed by atoms with E-state index in [4.69, 9.17) is 14.2 Å². The van der Waals surface area contributed by atoms with Crippen LogP contribution in [0.5, 0.6) is 17.2 Å². The Kier molecular flexibility index (Phi) is 6.55. The molecular weight excluding hydrogens is 464 g/mol. The van der Waals surface area contributed by atoms with Crippen LogP contribution in [0.15, 0.2) is 42.5 Å². The molecule has 5 rings (SSSR count). The molecular formula is C25H28N6O5. The highest BCUT2D eigenvalue weighted by molar-refractivity contribution is 6.22. The molecule has 0 spiro atoms. The fourth-order valence-corrected chi connectivity index (χ4v) is 4.80. The Bertz CT molecular complexity index is 1250. The lowest BCUT2D eigenvalue weighted by atomic mass is 10.0. The van der Waals surface area contributed by atoms with E-state index in [-0.39, 0.29) is 24.3 Å². The first kappa shape index (κ1) is 23.7. The highest BCUT2D eigenvalue weighted by Gasteiger charge is 2.43. The number of carbonyl (C=O) groups is 2. The third-order valence-electron chi connectivity index (χ3n) is 6.79. The minimum Gasteiger partial charge on any atom is -0.497 e. The summed E-state index contributed by atoms with van der Waals surface area (Å²) in [6.45, 7) is 1.33. The molecule has 2 aromatic carbocycles. The van der Waals surface area contributed by atoms with Gasteiger partial charge in [-0.05, 0) is 60.5 Å². The van der Waals surface area contributed by atoms with Gasteiger partial charge in [-0.3, -0.25) is 14.5 Å². The van der Waals surface area contributed by atoms with Crippen molar-refractivity contribution in [2.24, 2.45) is 0 Å². The van der Waals surface area contributed by atoms with Gasteiger partial charge >= 0.3 is 0 Å². The van der Waals surface area contributed by atoms with Crippen LogP contribution >= 0.6 is 0 Å². The zero-order valence-electron chi connectivity index (χ0n) is 20.5. The number of hydrogen-bond acceptors (Lipinski definition) is 9. The SMILES string of the molecule is COc1ccc(N2C(=O)C[C@@H](N3CCC(n4nnc(-c5ccc(OC)c(OC)c5)n4)CC3)C2=O)cc1. The first-order valence-electron chi connectivity index (χ1n) is 11.8. The lowest BCUT2D eigenvalue weighted by molar-refractivity contribution is -0.123. The summed E-state index contributed by atoms with van der Waals surface area (Å²) in [7, 11) is 4.75. The number of likely N-dealkylation sites (tertiary alicyclic amines) is 1. The van der Waals surface area contributed by atoms with E-state index in [1.54, 1.807) is 50.4 Å². The lowest BCUT2D eigenvalue weighted by Gasteiger charge is -2.34. The number of imide groups is 1. The van der Waals surface area contributed by atoms with Gasteiger partial charge in [-0.1, -0.05) is 0 Å². The van der Waals surface area contributed by atoms with E-state index in [0.717, 1.165) is 18.4 Å². The van der Waals surface area contributed by atoms with E-state index in [1.807, 2.05) is 18.2 Å². The van der Waals surface area contributed by atoms with E-state index in [1.165, 1.54) is 4.90 Å². The molecule has 2 saturated heterocycles. The van der Waals surface area contributed by atoms with Crippen molar-refractivity contribution in [1.82, 2.24) is 25.1 Å². The molecule has 11 heteroatoms. The number of hydrogen-bond donors (Lipinski definition) is 0. The van der Waals surface area contributed by atoms with Gasteiger partial charge in [-0.2, -0.15) is 4.80 Å². The van der Waals surface area contributed by atoms with Gasteiger partial charge in [0.1, 0.15) is 5.75 Å². The Morgan fingerprint density at radius 1 is 0.889 bits per heavy atom. The number of piperidine rings is 1. The van der Waals surface area contributed by atoms with E-state index >= 15 is 0 Å². The van der Waals surface area contributed by atoms with Crippen molar-refractivity contribution < 1.29 is 23.8 Å². The number of tetrazole rings is 1. The largest absolute Gasteiger partial charge is 0.497 e. The molecule has 0 aliphatic carbocycles. The molecule has 188 valence electrons. The molecule has 3 aromatic rings. The Morgan fingerprint density at radius 2 is 1.61 bits per heavy atom. The van der Waals surface area contributed by atoms with Crippen molar-refractivity contribution in [3.05, 3.63) is 42.5 Å². The molecule has 2 fully saturated rings. The van der Waals surface area contributed by atoms with Crippen LogP contribution in [0.2, 0.25) is 0 Å². The van der Waals surface area contributed by atoms with Gasteiger partial charge in [0.15, 0.2) is 11.5 Å². The summed E-state index contributed by atoms with van der Waals surface area (Å²) in [6.07, 6.45) is 1.69. The Balaban J connectivity index is 1.23. The summed E-state index contributed by atoms with van der Waals surface area (Å²) < 4.78 is 15.8. The second-order valence-electron chi connectivity index (χ2n) is 8.76. The number of aromatic nitrogens is 4. The van der Waals surface area contributed by atoms with Gasteiger partial charge in [-0.15, -0.1) is 10.2 Å². The molecule has 0 saturated carbocycles. The summed E-state index contributed by atoms with van der Waals surface area (Å²) in [5.74, 6) is 2.04. The summed E-state index contributed by atoms with van der Waals surface area (Å²) in [4.78, 5) is 30.9. The zero-order valence-corrected chi connectivity index (χ0v) is 20.5. The zero-order chi connectivity index (χ0) is 25.2. The molecule has 1 aromatic heterocycles. The van der Waals surface area contributed by atoms with Crippen LogP contribution in [-0.2, 0) is 9.59 Å². The second-order valence-corrected chi connectivity index (χ2v) is 8.76. The lowest BCUT2D eigenvalue weighted by Crippen LogP contribution is -2.46. The average molecular weight is 493 g/mol. The quantitative estimate of drug-likeness (QED) is 0.459. The fraction of sp³-hybridized carbons (Fsp3) is 0.400. The number of amides is 2. The van der Waals surface area contributed by atoms with Gasteiger partial charge < -0.3 is 14.2 Å². The van der Waals surface area contributed by atoms with Crippen molar-refractivity contribution in [2.45, 2.75) is 31.3 Å². The summed E-state index contributed by atoms with van der Waals surface area (Å²) in [5.41, 5.74) is 1.35. The van der Waals surface area contributed by atoms with Crippen molar-refractivity contribution in [3.8, 4) is 28.6 Å². The number of methoxy groups -OCH3 is 3. The second kappa shape index (κ2) is 9.94. The Hall–Kier alpha value is -3.99. The molecule has 3 heterocycles. The Labute approximate surface area is 208 Å². The maximum absolute atomic E-state index is 13.2. The van der Waals surface area contributed by atoms with E-state index in [2.05, 4.69) is 20.3 Å². The minimum absolute atomic E-state index is 0.0625. The summed E-state index contributed by atoms with van der Waals surface area (Å²) in [6, 6.07) is 12.1. The van der Waals surface area contributed by atoms with Crippen molar-refractivity contribution in [1.29, 1.82) is 0 Å². The standard InChI is InChI=1S/C25H28N6O5/c1-34-19-7-5-17(6-8-19)30-23(32)15-20(25(30)33)29-12-10-18(11-13-29)31-27-24(26-28-31)16-4-9-21(35-2)22(14-16)36-3/h4-9,14,18,20H,10-13,15H2,1-3H3/t20-/m1/s1. The number of ether oxygens (including phenoxy) is 3. The number of anilines is 1. The number of nitrogens with zero attached hydrogens (tertiary/aromatic N) is 6. The van der Waals surface area contributed by atoms with Crippen LogP contribution in [0.4, 0.5) is 5.69 Å². The number of rotatable bonds is 7. The van der Waals surface area contributed by atoms with Crippen LogP contribution < -0.4 is 19.1 Å². The molecule has 11 nitrogen and oxygen atoms in total.